The average molecular weight is 102 g/mol. The SMILES string of the molecule is N=[S+]CC1CC1. The molecule has 6 heavy (non-hydrogen) atoms. The predicted molar refractivity (Wildman–Crippen MR) is 27.7 cm³/mol. The van der Waals surface area contributed by atoms with Crippen molar-refractivity contribution >= 4 is 11.6 Å². The Kier molecular flexibility index (Phi) is 1.15. The van der Waals surface area contributed by atoms with Crippen molar-refractivity contribution in [2.75, 3.05) is 5.75 Å². The van der Waals surface area contributed by atoms with Crippen molar-refractivity contribution in [1.82, 2.24) is 0 Å². The molecule has 1 saturated carbocycles. The van der Waals surface area contributed by atoms with Crippen molar-refractivity contribution in [1.29, 1.82) is 4.78 Å². The lowest BCUT2D eigenvalue weighted by Crippen LogP contribution is -1.78. The van der Waals surface area contributed by atoms with Crippen molar-refractivity contribution in [2.24, 2.45) is 5.92 Å². The quantitative estimate of drug-likeness (QED) is 0.507. The van der Waals surface area contributed by atoms with Crippen LogP contribution in [-0.2, 0) is 11.6 Å². The van der Waals surface area contributed by atoms with Crippen molar-refractivity contribution in [3.8, 4) is 0 Å². The Morgan fingerprint density at radius 3 is 2.50 bits per heavy atom. The van der Waals surface area contributed by atoms with Gasteiger partial charge >= 0.3 is 11.6 Å². The van der Waals surface area contributed by atoms with Crippen LogP contribution in [0.2, 0.25) is 0 Å². The van der Waals surface area contributed by atoms with Crippen LogP contribution in [0.25, 0.3) is 0 Å². The lowest BCUT2D eigenvalue weighted by molar-refractivity contribution is 1.00. The van der Waals surface area contributed by atoms with Gasteiger partial charge in [0.2, 0.25) is 5.75 Å². The summed E-state index contributed by atoms with van der Waals surface area (Å²) >= 11 is 1.22. The highest BCUT2D eigenvalue weighted by molar-refractivity contribution is 7.66. The Hall–Kier alpha value is 0.0200. The summed E-state index contributed by atoms with van der Waals surface area (Å²) in [5.74, 6) is 1.99. The van der Waals surface area contributed by atoms with Crippen molar-refractivity contribution < 1.29 is 0 Å². The molecule has 0 bridgehead atoms. The largest absolute Gasteiger partial charge is 0.307 e. The first kappa shape index (κ1) is 4.19. The minimum Gasteiger partial charge on any atom is -0.0448 e. The molecule has 1 aliphatic carbocycles. The second-order valence-electron chi connectivity index (χ2n) is 1.75. The fraction of sp³-hybridized carbons (Fsp3) is 1.00. The van der Waals surface area contributed by atoms with Gasteiger partial charge in [0.25, 0.3) is 0 Å². The molecule has 0 spiro atoms. The summed E-state index contributed by atoms with van der Waals surface area (Å²) in [7, 11) is 0. The van der Waals surface area contributed by atoms with E-state index in [1.807, 2.05) is 0 Å². The van der Waals surface area contributed by atoms with Crippen molar-refractivity contribution in [3.63, 3.8) is 0 Å². The van der Waals surface area contributed by atoms with E-state index in [1.165, 1.54) is 24.4 Å². The third-order valence-electron chi connectivity index (χ3n) is 1.02. The van der Waals surface area contributed by atoms with E-state index in [0.29, 0.717) is 0 Å². The van der Waals surface area contributed by atoms with E-state index in [1.54, 1.807) is 0 Å². The second-order valence-corrected chi connectivity index (χ2v) is 2.38. The zero-order chi connectivity index (χ0) is 4.41. The molecule has 1 rings (SSSR count). The first-order chi connectivity index (χ1) is 2.93. The molecule has 0 heterocycles. The maximum absolute atomic E-state index is 6.69. The predicted octanol–water partition coefficient (Wildman–Crippen LogP) is 1.24. The summed E-state index contributed by atoms with van der Waals surface area (Å²) in [6.45, 7) is 0. The average Bonchev–Trinajstić information content (AvgIpc) is 2.21. The molecular formula is C4H8NS+. The fourth-order valence-electron chi connectivity index (χ4n) is 0.402. The number of hydrogen-bond acceptors (Lipinski definition) is 1. The van der Waals surface area contributed by atoms with Crippen LogP contribution >= 0.6 is 0 Å². The van der Waals surface area contributed by atoms with E-state index >= 15 is 0 Å². The van der Waals surface area contributed by atoms with Gasteiger partial charge < -0.3 is 0 Å². The van der Waals surface area contributed by atoms with Crippen LogP contribution in [0.5, 0.6) is 0 Å². The molecule has 34 valence electrons. The molecular weight excluding hydrogens is 94.1 g/mol. The normalized spacial score (nSPS) is 20.7. The summed E-state index contributed by atoms with van der Waals surface area (Å²) < 4.78 is 6.69. The zero-order valence-corrected chi connectivity index (χ0v) is 4.42. The van der Waals surface area contributed by atoms with E-state index in [2.05, 4.69) is 0 Å². The molecule has 0 saturated heterocycles. The maximum atomic E-state index is 6.69. The molecule has 0 aromatic heterocycles. The number of hydrogen-bond donors (Lipinski definition) is 1. The highest BCUT2D eigenvalue weighted by Crippen LogP contribution is 2.27. The van der Waals surface area contributed by atoms with Gasteiger partial charge in [-0.05, 0) is 17.6 Å². The van der Waals surface area contributed by atoms with Crippen molar-refractivity contribution in [3.05, 3.63) is 0 Å². The van der Waals surface area contributed by atoms with Gasteiger partial charge in [-0.25, -0.2) is 0 Å². The molecule has 0 aromatic rings. The molecule has 0 amide bonds. The molecule has 1 nitrogen and oxygen atoms in total. The van der Waals surface area contributed by atoms with E-state index in [9.17, 15) is 0 Å². The second kappa shape index (κ2) is 1.65. The molecule has 1 aliphatic rings. The topological polar surface area (TPSA) is 23.9 Å². The minimum atomic E-state index is 0.924. The Morgan fingerprint density at radius 2 is 2.33 bits per heavy atom. The van der Waals surface area contributed by atoms with Crippen molar-refractivity contribution in [2.45, 2.75) is 12.8 Å². The van der Waals surface area contributed by atoms with E-state index in [0.717, 1.165) is 11.7 Å². The molecule has 1 fully saturated rings. The Labute approximate surface area is 41.7 Å². The lowest BCUT2D eigenvalue weighted by atomic mass is 10.5. The third kappa shape index (κ3) is 1.01. The third-order valence-corrected chi connectivity index (χ3v) is 1.65. The van der Waals surface area contributed by atoms with Gasteiger partial charge in [0, 0.05) is 5.92 Å². The highest BCUT2D eigenvalue weighted by Gasteiger charge is 2.25. The van der Waals surface area contributed by atoms with Gasteiger partial charge in [0.15, 0.2) is 0 Å². The van der Waals surface area contributed by atoms with Gasteiger partial charge in [-0.1, -0.05) is 0 Å². The summed E-state index contributed by atoms with van der Waals surface area (Å²) in [6, 6.07) is 0. The Bertz CT molecular complexity index is 58.6. The Balaban J connectivity index is 2.00. The monoisotopic (exact) mass is 102 g/mol. The van der Waals surface area contributed by atoms with Gasteiger partial charge in [-0.2, -0.15) is 0 Å². The molecule has 0 aliphatic heterocycles. The number of nitrogens with one attached hydrogen (secondary N) is 1. The first-order valence-electron chi connectivity index (χ1n) is 2.22. The van der Waals surface area contributed by atoms with E-state index in [-0.39, 0.29) is 0 Å². The van der Waals surface area contributed by atoms with Gasteiger partial charge in [0.1, 0.15) is 0 Å². The van der Waals surface area contributed by atoms with Crippen LogP contribution in [0.15, 0.2) is 0 Å². The van der Waals surface area contributed by atoms with Gasteiger partial charge in [0.05, 0.1) is 0 Å². The smallest absolute Gasteiger partial charge is 0.0448 e. The molecule has 0 radical (unpaired) electrons. The Morgan fingerprint density at radius 1 is 1.67 bits per heavy atom. The van der Waals surface area contributed by atoms with Crippen LogP contribution in [0, 0.1) is 10.7 Å². The molecule has 0 aromatic carbocycles. The lowest BCUT2D eigenvalue weighted by Gasteiger charge is -1.61. The minimum absolute atomic E-state index is 0.924. The van der Waals surface area contributed by atoms with Gasteiger partial charge in [-0.15, -0.1) is 0 Å². The maximum Gasteiger partial charge on any atom is 0.307 e. The summed E-state index contributed by atoms with van der Waals surface area (Å²) in [5.41, 5.74) is 0. The zero-order valence-electron chi connectivity index (χ0n) is 3.61. The first-order valence-corrected chi connectivity index (χ1v) is 3.20. The van der Waals surface area contributed by atoms with E-state index < -0.39 is 0 Å². The summed E-state index contributed by atoms with van der Waals surface area (Å²) in [5, 5.41) is 0. The molecule has 0 unspecified atom stereocenters. The summed E-state index contributed by atoms with van der Waals surface area (Å²) in [6.07, 6.45) is 2.76. The van der Waals surface area contributed by atoms with Crippen LogP contribution in [0.3, 0.4) is 0 Å². The van der Waals surface area contributed by atoms with E-state index in [4.69, 9.17) is 4.78 Å². The fourth-order valence-corrected chi connectivity index (χ4v) is 0.971. The van der Waals surface area contributed by atoms with Gasteiger partial charge in [-0.3, -0.25) is 0 Å². The molecule has 1 N–H and O–H groups in total. The highest BCUT2D eigenvalue weighted by atomic mass is 32.1. The summed E-state index contributed by atoms with van der Waals surface area (Å²) in [4.78, 5) is 0. The van der Waals surface area contributed by atoms with Crippen LogP contribution in [-0.4, -0.2) is 5.75 Å². The number of rotatable bonds is 2. The van der Waals surface area contributed by atoms with Crippen LogP contribution in [0.4, 0.5) is 0 Å². The standard InChI is InChI=1S/C4H8NS/c5-6-3-4-1-2-4/h4-5H,1-3H2/q+1. The molecule has 2 heteroatoms. The van der Waals surface area contributed by atoms with Crippen LogP contribution < -0.4 is 0 Å². The molecule has 0 atom stereocenters. The van der Waals surface area contributed by atoms with Crippen LogP contribution in [0.1, 0.15) is 12.8 Å².